The minimum Gasteiger partial charge on any atom is -0.406 e. The Hall–Kier alpha value is -1.45. The molecule has 0 saturated heterocycles. The molecule has 0 bridgehead atoms. The van der Waals surface area contributed by atoms with Gasteiger partial charge in [-0.3, -0.25) is 0 Å². The van der Waals surface area contributed by atoms with Gasteiger partial charge in [0.05, 0.1) is 0 Å². The summed E-state index contributed by atoms with van der Waals surface area (Å²) in [5, 5.41) is 0. The van der Waals surface area contributed by atoms with Crippen LogP contribution < -0.4 is 4.74 Å². The lowest BCUT2D eigenvalue weighted by Gasteiger charge is -2.15. The summed E-state index contributed by atoms with van der Waals surface area (Å²) in [6, 6.07) is 6.12. The zero-order valence-corrected chi connectivity index (χ0v) is 9.63. The van der Waals surface area contributed by atoms with Gasteiger partial charge in [-0.15, -0.1) is 19.8 Å². The maximum absolute atomic E-state index is 12.1. The van der Waals surface area contributed by atoms with Crippen LogP contribution in [0.4, 0.5) is 13.2 Å². The molecule has 1 atom stereocenters. The maximum atomic E-state index is 12.1. The average Bonchev–Trinajstić information content (AvgIpc) is 2.24. The quantitative estimate of drug-likeness (QED) is 0.685. The summed E-state index contributed by atoms with van der Waals surface area (Å²) < 4.78 is 40.1. The van der Waals surface area contributed by atoms with Crippen molar-refractivity contribution in [2.24, 2.45) is 0 Å². The second kappa shape index (κ2) is 5.75. The second-order valence-electron chi connectivity index (χ2n) is 3.75. The Balaban J connectivity index is 2.87. The molecule has 0 heterocycles. The van der Waals surface area contributed by atoms with Gasteiger partial charge in [-0.05, 0) is 36.5 Å². The number of benzene rings is 1. The normalized spacial score (nSPS) is 13.2. The highest BCUT2D eigenvalue weighted by Gasteiger charge is 2.31. The lowest BCUT2D eigenvalue weighted by molar-refractivity contribution is -0.274. The zero-order chi connectivity index (χ0) is 12.9. The minimum absolute atomic E-state index is 0.169. The first-order valence-corrected chi connectivity index (χ1v) is 5.43. The fourth-order valence-electron chi connectivity index (χ4n) is 1.71. The Morgan fingerprint density at radius 1 is 1.41 bits per heavy atom. The number of allylic oxidation sites excluding steroid dienone is 1. The summed E-state index contributed by atoms with van der Waals surface area (Å²) in [7, 11) is 0. The largest absolute Gasteiger partial charge is 0.573 e. The van der Waals surface area contributed by atoms with Gasteiger partial charge in [0.15, 0.2) is 0 Å². The first kappa shape index (κ1) is 13.6. The van der Waals surface area contributed by atoms with Crippen LogP contribution in [0, 0.1) is 0 Å². The van der Waals surface area contributed by atoms with E-state index in [-0.39, 0.29) is 11.7 Å². The van der Waals surface area contributed by atoms with Crippen LogP contribution in [0.15, 0.2) is 36.9 Å². The van der Waals surface area contributed by atoms with Gasteiger partial charge < -0.3 is 4.74 Å². The summed E-state index contributed by atoms with van der Waals surface area (Å²) in [4.78, 5) is 0. The maximum Gasteiger partial charge on any atom is 0.573 e. The van der Waals surface area contributed by atoms with Crippen molar-refractivity contribution in [2.45, 2.75) is 32.0 Å². The smallest absolute Gasteiger partial charge is 0.406 e. The van der Waals surface area contributed by atoms with E-state index in [0.29, 0.717) is 0 Å². The first-order chi connectivity index (χ1) is 7.96. The summed E-state index contributed by atoms with van der Waals surface area (Å²) in [6.45, 7) is 5.64. The average molecular weight is 244 g/mol. The fourth-order valence-corrected chi connectivity index (χ4v) is 1.71. The summed E-state index contributed by atoms with van der Waals surface area (Å²) in [5.41, 5.74) is 0.842. The third kappa shape index (κ3) is 4.51. The van der Waals surface area contributed by atoms with Crippen LogP contribution in [0.25, 0.3) is 0 Å². The third-order valence-corrected chi connectivity index (χ3v) is 2.51. The van der Waals surface area contributed by atoms with Crippen LogP contribution in [0.5, 0.6) is 5.75 Å². The van der Waals surface area contributed by atoms with E-state index in [1.165, 1.54) is 12.1 Å². The molecule has 0 amide bonds. The van der Waals surface area contributed by atoms with E-state index < -0.39 is 6.36 Å². The molecular weight excluding hydrogens is 229 g/mol. The van der Waals surface area contributed by atoms with Gasteiger partial charge in [0, 0.05) is 0 Å². The molecule has 0 aliphatic carbocycles. The van der Waals surface area contributed by atoms with Crippen molar-refractivity contribution in [3.63, 3.8) is 0 Å². The predicted octanol–water partition coefficient (Wildman–Crippen LogP) is 4.65. The molecule has 0 spiro atoms. The van der Waals surface area contributed by atoms with Crippen LogP contribution in [0.1, 0.15) is 31.2 Å². The minimum atomic E-state index is -4.64. The lowest BCUT2D eigenvalue weighted by atomic mass is 9.93. The predicted molar refractivity (Wildman–Crippen MR) is 61.0 cm³/mol. The highest BCUT2D eigenvalue weighted by atomic mass is 19.4. The van der Waals surface area contributed by atoms with E-state index in [1.54, 1.807) is 18.2 Å². The number of halogens is 3. The number of hydrogen-bond donors (Lipinski definition) is 0. The molecule has 0 aliphatic heterocycles. The number of ether oxygens (including phenoxy) is 1. The van der Waals surface area contributed by atoms with Gasteiger partial charge in [-0.2, -0.15) is 0 Å². The molecule has 0 saturated carbocycles. The second-order valence-corrected chi connectivity index (χ2v) is 3.75. The summed E-state index contributed by atoms with van der Waals surface area (Å²) in [6.07, 6.45) is -1.28. The van der Waals surface area contributed by atoms with Gasteiger partial charge in [0.25, 0.3) is 0 Å². The molecule has 94 valence electrons. The van der Waals surface area contributed by atoms with Gasteiger partial charge >= 0.3 is 6.36 Å². The molecule has 1 nitrogen and oxygen atoms in total. The van der Waals surface area contributed by atoms with E-state index in [4.69, 9.17) is 0 Å². The van der Waals surface area contributed by atoms with Gasteiger partial charge in [-0.25, -0.2) is 0 Å². The number of hydrogen-bond acceptors (Lipinski definition) is 1. The number of rotatable bonds is 5. The summed E-state index contributed by atoms with van der Waals surface area (Å²) in [5.74, 6) is 0.0156. The molecule has 0 radical (unpaired) electrons. The molecule has 1 unspecified atom stereocenters. The van der Waals surface area contributed by atoms with E-state index in [9.17, 15) is 13.2 Å². The highest BCUT2D eigenvalue weighted by molar-refractivity contribution is 5.31. The lowest BCUT2D eigenvalue weighted by Crippen LogP contribution is -2.17. The van der Waals surface area contributed by atoms with Gasteiger partial charge in [-0.1, -0.05) is 25.1 Å². The molecule has 0 N–H and O–H groups in total. The molecule has 1 aromatic carbocycles. The molecule has 0 fully saturated rings. The van der Waals surface area contributed by atoms with E-state index in [1.807, 2.05) is 6.92 Å². The molecular formula is C13H15F3O. The first-order valence-electron chi connectivity index (χ1n) is 5.43. The Kier molecular flexibility index (Phi) is 4.61. The Morgan fingerprint density at radius 3 is 2.65 bits per heavy atom. The molecule has 0 aromatic heterocycles. The van der Waals surface area contributed by atoms with Crippen molar-refractivity contribution in [3.05, 3.63) is 42.5 Å². The van der Waals surface area contributed by atoms with Crippen molar-refractivity contribution in [1.29, 1.82) is 0 Å². The van der Waals surface area contributed by atoms with E-state index in [0.717, 1.165) is 18.4 Å². The van der Waals surface area contributed by atoms with Crippen molar-refractivity contribution < 1.29 is 17.9 Å². The van der Waals surface area contributed by atoms with E-state index >= 15 is 0 Å². The van der Waals surface area contributed by atoms with Crippen LogP contribution in [-0.2, 0) is 0 Å². The molecule has 0 aliphatic rings. The third-order valence-electron chi connectivity index (χ3n) is 2.51. The molecule has 1 aromatic rings. The highest BCUT2D eigenvalue weighted by Crippen LogP contribution is 2.29. The molecule has 1 rings (SSSR count). The monoisotopic (exact) mass is 244 g/mol. The zero-order valence-electron chi connectivity index (χ0n) is 9.63. The van der Waals surface area contributed by atoms with Gasteiger partial charge in [0.1, 0.15) is 5.75 Å². The Bertz CT molecular complexity index is 371. The van der Waals surface area contributed by atoms with Crippen LogP contribution in [0.2, 0.25) is 0 Å². The topological polar surface area (TPSA) is 9.23 Å². The van der Waals surface area contributed by atoms with Crippen molar-refractivity contribution in [2.75, 3.05) is 0 Å². The molecule has 17 heavy (non-hydrogen) atoms. The Morgan fingerprint density at radius 2 is 2.12 bits per heavy atom. The van der Waals surface area contributed by atoms with Crippen LogP contribution in [-0.4, -0.2) is 6.36 Å². The summed E-state index contributed by atoms with van der Waals surface area (Å²) >= 11 is 0. The molecule has 4 heteroatoms. The number of alkyl halides is 3. The van der Waals surface area contributed by atoms with E-state index in [2.05, 4.69) is 11.3 Å². The van der Waals surface area contributed by atoms with Crippen LogP contribution >= 0.6 is 0 Å². The van der Waals surface area contributed by atoms with Gasteiger partial charge in [0.2, 0.25) is 0 Å². The van der Waals surface area contributed by atoms with Crippen molar-refractivity contribution in [1.82, 2.24) is 0 Å². The standard InChI is InChI=1S/C13H15F3O/c1-3-6-10(4-2)11-7-5-8-12(9-11)17-13(14,15)16/h3,5,7-10H,1,4,6H2,2H3. The van der Waals surface area contributed by atoms with Crippen LogP contribution in [0.3, 0.4) is 0 Å². The van der Waals surface area contributed by atoms with Crippen molar-refractivity contribution >= 4 is 0 Å². The Labute approximate surface area is 98.9 Å². The SMILES string of the molecule is C=CCC(CC)c1cccc(OC(F)(F)F)c1. The fraction of sp³-hybridized carbons (Fsp3) is 0.385. The van der Waals surface area contributed by atoms with Crippen molar-refractivity contribution in [3.8, 4) is 5.75 Å².